The maximum absolute atomic E-state index is 12.1. The smallest absolute Gasteiger partial charge is 0.257 e. The number of nitrogens with two attached hydrogens (primary N) is 1. The molecule has 4 heteroatoms. The average Bonchev–Trinajstić information content (AvgIpc) is 2.36. The number of aryl methyl sites for hydroxylation is 2. The summed E-state index contributed by atoms with van der Waals surface area (Å²) >= 11 is 0. The molecule has 0 aliphatic rings. The van der Waals surface area contributed by atoms with Gasteiger partial charge in [-0.15, -0.1) is 0 Å². The second-order valence-corrected chi connectivity index (χ2v) is 4.55. The van der Waals surface area contributed by atoms with Gasteiger partial charge in [-0.1, -0.05) is 17.7 Å². The van der Waals surface area contributed by atoms with Gasteiger partial charge in [0.25, 0.3) is 5.91 Å². The summed E-state index contributed by atoms with van der Waals surface area (Å²) in [5, 5.41) is 12.3. The molecule has 0 radical (unpaired) electrons. The molecule has 2 rings (SSSR count). The fourth-order valence-electron chi connectivity index (χ4n) is 1.75. The van der Waals surface area contributed by atoms with Gasteiger partial charge in [-0.05, 0) is 37.6 Å². The first-order valence-electron chi connectivity index (χ1n) is 5.94. The molecular weight excluding hydrogens is 240 g/mol. The molecule has 0 spiro atoms. The molecule has 2 aromatic carbocycles. The Kier molecular flexibility index (Phi) is 3.42. The van der Waals surface area contributed by atoms with Crippen molar-refractivity contribution in [1.29, 1.82) is 0 Å². The van der Waals surface area contributed by atoms with Gasteiger partial charge in [0.2, 0.25) is 0 Å². The lowest BCUT2D eigenvalue weighted by molar-refractivity contribution is 0.102. The number of phenolic OH excluding ortho intramolecular Hbond substituents is 1. The van der Waals surface area contributed by atoms with Gasteiger partial charge in [0.1, 0.15) is 5.75 Å². The summed E-state index contributed by atoms with van der Waals surface area (Å²) in [5.41, 5.74) is 8.91. The Labute approximate surface area is 111 Å². The van der Waals surface area contributed by atoms with Crippen molar-refractivity contribution < 1.29 is 9.90 Å². The van der Waals surface area contributed by atoms with Crippen LogP contribution in [0, 0.1) is 13.8 Å². The number of aromatic hydroxyl groups is 1. The van der Waals surface area contributed by atoms with Crippen LogP contribution in [0.25, 0.3) is 0 Å². The van der Waals surface area contributed by atoms with E-state index in [1.165, 1.54) is 6.07 Å². The third kappa shape index (κ3) is 2.85. The normalized spacial score (nSPS) is 10.2. The number of rotatable bonds is 2. The van der Waals surface area contributed by atoms with Gasteiger partial charge >= 0.3 is 0 Å². The standard InChI is InChI=1S/C15H16N2O2/c1-9-3-6-13(16)12(7-9)15(19)17-11-5-4-10(2)14(18)8-11/h3-8,18H,16H2,1-2H3,(H,17,19). The highest BCUT2D eigenvalue weighted by molar-refractivity contribution is 6.07. The number of amides is 1. The Morgan fingerprint density at radius 2 is 1.89 bits per heavy atom. The number of nitrogen functional groups attached to an aromatic ring is 1. The van der Waals surface area contributed by atoms with Crippen LogP contribution in [0.1, 0.15) is 21.5 Å². The van der Waals surface area contributed by atoms with Crippen LogP contribution in [0.5, 0.6) is 5.75 Å². The summed E-state index contributed by atoms with van der Waals surface area (Å²) in [6, 6.07) is 10.3. The number of hydrogen-bond acceptors (Lipinski definition) is 3. The maximum Gasteiger partial charge on any atom is 0.257 e. The van der Waals surface area contributed by atoms with E-state index in [-0.39, 0.29) is 11.7 Å². The molecule has 98 valence electrons. The first-order valence-corrected chi connectivity index (χ1v) is 5.94. The molecule has 0 aromatic heterocycles. The minimum atomic E-state index is -0.288. The van der Waals surface area contributed by atoms with Crippen molar-refractivity contribution in [3.8, 4) is 5.75 Å². The van der Waals surface area contributed by atoms with Crippen LogP contribution in [0.15, 0.2) is 36.4 Å². The number of phenols is 1. The molecule has 0 aliphatic carbocycles. The molecule has 0 atom stereocenters. The zero-order valence-corrected chi connectivity index (χ0v) is 10.9. The second kappa shape index (κ2) is 5.02. The molecule has 0 bridgehead atoms. The predicted octanol–water partition coefficient (Wildman–Crippen LogP) is 2.84. The van der Waals surface area contributed by atoms with Gasteiger partial charge in [0, 0.05) is 17.4 Å². The summed E-state index contributed by atoms with van der Waals surface area (Å²) in [5.74, 6) is -0.139. The Morgan fingerprint density at radius 1 is 1.16 bits per heavy atom. The molecule has 0 heterocycles. The Balaban J connectivity index is 2.25. The monoisotopic (exact) mass is 256 g/mol. The number of anilines is 2. The lowest BCUT2D eigenvalue weighted by Gasteiger charge is -2.09. The van der Waals surface area contributed by atoms with Gasteiger partial charge in [0.05, 0.1) is 5.56 Å². The lowest BCUT2D eigenvalue weighted by Crippen LogP contribution is -2.14. The van der Waals surface area contributed by atoms with E-state index in [9.17, 15) is 9.90 Å². The van der Waals surface area contributed by atoms with Crippen LogP contribution in [-0.4, -0.2) is 11.0 Å². The lowest BCUT2D eigenvalue weighted by atomic mass is 10.1. The van der Waals surface area contributed by atoms with Crippen LogP contribution >= 0.6 is 0 Å². The minimum Gasteiger partial charge on any atom is -0.508 e. The summed E-state index contributed by atoms with van der Waals surface area (Å²) in [6.45, 7) is 3.69. The van der Waals surface area contributed by atoms with E-state index in [1.54, 1.807) is 31.2 Å². The zero-order valence-electron chi connectivity index (χ0n) is 10.9. The van der Waals surface area contributed by atoms with Gasteiger partial charge < -0.3 is 16.2 Å². The van der Waals surface area contributed by atoms with Gasteiger partial charge in [-0.2, -0.15) is 0 Å². The molecule has 0 unspecified atom stereocenters. The average molecular weight is 256 g/mol. The second-order valence-electron chi connectivity index (χ2n) is 4.55. The summed E-state index contributed by atoms with van der Waals surface area (Å²) in [6.07, 6.45) is 0. The predicted molar refractivity (Wildman–Crippen MR) is 76.4 cm³/mol. The highest BCUT2D eigenvalue weighted by Crippen LogP contribution is 2.22. The van der Waals surface area contributed by atoms with Crippen LogP contribution in [0.2, 0.25) is 0 Å². The number of carbonyl (C=O) groups is 1. The summed E-state index contributed by atoms with van der Waals surface area (Å²) < 4.78 is 0. The first kappa shape index (κ1) is 13.0. The van der Waals surface area contributed by atoms with Crippen molar-refractivity contribution in [1.82, 2.24) is 0 Å². The van der Waals surface area contributed by atoms with E-state index in [4.69, 9.17) is 5.73 Å². The molecular formula is C15H16N2O2. The van der Waals surface area contributed by atoms with E-state index in [0.29, 0.717) is 16.9 Å². The van der Waals surface area contributed by atoms with E-state index in [1.807, 2.05) is 13.0 Å². The van der Waals surface area contributed by atoms with E-state index < -0.39 is 0 Å². The Morgan fingerprint density at radius 3 is 2.58 bits per heavy atom. The third-order valence-corrected chi connectivity index (χ3v) is 2.92. The van der Waals surface area contributed by atoms with Crippen LogP contribution < -0.4 is 11.1 Å². The number of hydrogen-bond donors (Lipinski definition) is 3. The first-order chi connectivity index (χ1) is 8.97. The fraction of sp³-hybridized carbons (Fsp3) is 0.133. The van der Waals surface area contributed by atoms with Crippen LogP contribution in [-0.2, 0) is 0 Å². The highest BCUT2D eigenvalue weighted by atomic mass is 16.3. The van der Waals surface area contributed by atoms with E-state index >= 15 is 0 Å². The molecule has 2 aromatic rings. The van der Waals surface area contributed by atoms with Crippen molar-refractivity contribution in [2.45, 2.75) is 13.8 Å². The van der Waals surface area contributed by atoms with Crippen molar-refractivity contribution >= 4 is 17.3 Å². The van der Waals surface area contributed by atoms with Crippen molar-refractivity contribution in [3.63, 3.8) is 0 Å². The molecule has 19 heavy (non-hydrogen) atoms. The van der Waals surface area contributed by atoms with Gasteiger partial charge in [0.15, 0.2) is 0 Å². The molecule has 0 aliphatic heterocycles. The SMILES string of the molecule is Cc1ccc(N)c(C(=O)Nc2ccc(C)c(O)c2)c1. The number of carbonyl (C=O) groups excluding carboxylic acids is 1. The summed E-state index contributed by atoms with van der Waals surface area (Å²) in [4.78, 5) is 12.1. The zero-order chi connectivity index (χ0) is 14.0. The van der Waals surface area contributed by atoms with E-state index in [2.05, 4.69) is 5.32 Å². The molecule has 0 saturated heterocycles. The Bertz CT molecular complexity index is 636. The molecule has 0 saturated carbocycles. The van der Waals surface area contributed by atoms with Crippen molar-refractivity contribution in [2.24, 2.45) is 0 Å². The fourth-order valence-corrected chi connectivity index (χ4v) is 1.75. The molecule has 0 fully saturated rings. The highest BCUT2D eigenvalue weighted by Gasteiger charge is 2.10. The van der Waals surface area contributed by atoms with Crippen molar-refractivity contribution in [3.05, 3.63) is 53.1 Å². The summed E-state index contributed by atoms with van der Waals surface area (Å²) in [7, 11) is 0. The maximum atomic E-state index is 12.1. The largest absolute Gasteiger partial charge is 0.508 e. The van der Waals surface area contributed by atoms with Crippen LogP contribution in [0.4, 0.5) is 11.4 Å². The number of benzene rings is 2. The Hall–Kier alpha value is -2.49. The quantitative estimate of drug-likeness (QED) is 0.723. The van der Waals surface area contributed by atoms with E-state index in [0.717, 1.165) is 11.1 Å². The number of nitrogens with one attached hydrogen (secondary N) is 1. The third-order valence-electron chi connectivity index (χ3n) is 2.92. The van der Waals surface area contributed by atoms with Gasteiger partial charge in [-0.3, -0.25) is 4.79 Å². The minimum absolute atomic E-state index is 0.148. The molecule has 4 N–H and O–H groups in total. The molecule has 1 amide bonds. The van der Waals surface area contributed by atoms with Gasteiger partial charge in [-0.25, -0.2) is 0 Å². The topological polar surface area (TPSA) is 75.4 Å². The van der Waals surface area contributed by atoms with Crippen molar-refractivity contribution in [2.75, 3.05) is 11.1 Å². The molecule has 4 nitrogen and oxygen atoms in total. The van der Waals surface area contributed by atoms with Crippen LogP contribution in [0.3, 0.4) is 0 Å².